The summed E-state index contributed by atoms with van der Waals surface area (Å²) in [5, 5.41) is 8.87. The summed E-state index contributed by atoms with van der Waals surface area (Å²) in [6.45, 7) is 3.65. The van der Waals surface area contributed by atoms with Crippen LogP contribution >= 0.6 is 0 Å². The molecular weight excluding hydrogens is 248 g/mol. The zero-order valence-electron chi connectivity index (χ0n) is 11.8. The van der Waals surface area contributed by atoms with Crippen LogP contribution in [0.2, 0.25) is 0 Å². The van der Waals surface area contributed by atoms with Gasteiger partial charge in [0.2, 0.25) is 0 Å². The number of carbonyl (C=O) groups excluding carboxylic acids is 1. The van der Waals surface area contributed by atoms with E-state index in [0.29, 0.717) is 25.6 Å². The normalized spacial score (nSPS) is 14.8. The zero-order valence-corrected chi connectivity index (χ0v) is 11.8. The molecule has 6 nitrogen and oxygen atoms in total. The lowest BCUT2D eigenvalue weighted by molar-refractivity contribution is -0.137. The molecule has 0 aliphatic heterocycles. The average Bonchev–Trinajstić information content (AvgIpc) is 2.32. The summed E-state index contributed by atoms with van der Waals surface area (Å²) >= 11 is 0. The van der Waals surface area contributed by atoms with Crippen molar-refractivity contribution in [2.45, 2.75) is 26.2 Å². The lowest BCUT2D eigenvalue weighted by Crippen LogP contribution is -2.48. The van der Waals surface area contributed by atoms with Gasteiger partial charge in [0.15, 0.2) is 0 Å². The number of carboxylic acids is 1. The van der Waals surface area contributed by atoms with Gasteiger partial charge in [-0.1, -0.05) is 6.42 Å². The van der Waals surface area contributed by atoms with Crippen LogP contribution in [0.3, 0.4) is 0 Å². The molecule has 0 aromatic rings. The van der Waals surface area contributed by atoms with Crippen LogP contribution in [0, 0.1) is 5.92 Å². The Bertz CT molecular complexity index is 305. The number of methoxy groups -OCH3 is 1. The number of carbonyl (C=O) groups is 2. The fourth-order valence-electron chi connectivity index (χ4n) is 2.14. The van der Waals surface area contributed by atoms with Gasteiger partial charge in [0.1, 0.15) is 6.54 Å². The molecule has 6 heteroatoms. The summed E-state index contributed by atoms with van der Waals surface area (Å²) in [6, 6.07) is -0.200. The summed E-state index contributed by atoms with van der Waals surface area (Å²) < 4.78 is 4.93. The molecule has 2 amide bonds. The Kier molecular flexibility index (Phi) is 6.62. The van der Waals surface area contributed by atoms with E-state index >= 15 is 0 Å². The Morgan fingerprint density at radius 1 is 1.32 bits per heavy atom. The highest BCUT2D eigenvalue weighted by atomic mass is 16.5. The first-order chi connectivity index (χ1) is 9.08. The molecule has 1 aliphatic rings. The van der Waals surface area contributed by atoms with Gasteiger partial charge < -0.3 is 19.6 Å². The molecule has 0 radical (unpaired) electrons. The Balaban J connectivity index is 2.56. The van der Waals surface area contributed by atoms with Crippen LogP contribution in [0.15, 0.2) is 0 Å². The van der Waals surface area contributed by atoms with Crippen LogP contribution < -0.4 is 0 Å². The molecule has 0 saturated heterocycles. The maximum atomic E-state index is 12.3. The van der Waals surface area contributed by atoms with Crippen molar-refractivity contribution < 1.29 is 19.4 Å². The summed E-state index contributed by atoms with van der Waals surface area (Å²) in [5.74, 6) is -0.415. The van der Waals surface area contributed by atoms with E-state index in [9.17, 15) is 9.59 Å². The summed E-state index contributed by atoms with van der Waals surface area (Å²) in [4.78, 5) is 26.2. The molecule has 1 fully saturated rings. The lowest BCUT2D eigenvalue weighted by atomic mass is 9.85. The minimum absolute atomic E-state index is 0.200. The summed E-state index contributed by atoms with van der Waals surface area (Å²) in [6.07, 6.45) is 3.57. The molecule has 0 bridgehead atoms. The van der Waals surface area contributed by atoms with E-state index in [4.69, 9.17) is 9.84 Å². The topological polar surface area (TPSA) is 70.1 Å². The highest BCUT2D eigenvalue weighted by Crippen LogP contribution is 2.27. The first kappa shape index (κ1) is 15.8. The number of amides is 2. The fraction of sp³-hybridized carbons (Fsp3) is 0.846. The van der Waals surface area contributed by atoms with Crippen molar-refractivity contribution in [1.29, 1.82) is 0 Å². The van der Waals surface area contributed by atoms with Gasteiger partial charge in [-0.3, -0.25) is 4.79 Å². The van der Waals surface area contributed by atoms with Crippen molar-refractivity contribution >= 4 is 12.0 Å². The third kappa shape index (κ3) is 5.06. The Labute approximate surface area is 114 Å². The molecule has 0 unspecified atom stereocenters. The number of urea groups is 1. The predicted octanol–water partition coefficient (Wildman–Crippen LogP) is 1.26. The minimum Gasteiger partial charge on any atom is -0.480 e. The Morgan fingerprint density at radius 3 is 2.42 bits per heavy atom. The van der Waals surface area contributed by atoms with Gasteiger partial charge in [-0.15, -0.1) is 0 Å². The molecule has 1 N–H and O–H groups in total. The molecule has 0 spiro atoms. The molecule has 0 atom stereocenters. The predicted molar refractivity (Wildman–Crippen MR) is 71.1 cm³/mol. The van der Waals surface area contributed by atoms with E-state index < -0.39 is 5.97 Å². The molecule has 110 valence electrons. The highest BCUT2D eigenvalue weighted by molar-refractivity contribution is 5.80. The number of nitrogens with zero attached hydrogens (tertiary/aromatic N) is 2. The van der Waals surface area contributed by atoms with Crippen molar-refractivity contribution in [3.8, 4) is 0 Å². The summed E-state index contributed by atoms with van der Waals surface area (Å²) in [7, 11) is 1.54. The monoisotopic (exact) mass is 272 g/mol. The largest absolute Gasteiger partial charge is 0.480 e. The van der Waals surface area contributed by atoms with Crippen LogP contribution in [-0.2, 0) is 9.53 Å². The molecule has 19 heavy (non-hydrogen) atoms. The second-order valence-electron chi connectivity index (χ2n) is 4.93. The van der Waals surface area contributed by atoms with Crippen molar-refractivity contribution in [2.24, 2.45) is 5.92 Å². The van der Waals surface area contributed by atoms with E-state index in [1.54, 1.807) is 4.90 Å². The van der Waals surface area contributed by atoms with Crippen LogP contribution in [0.5, 0.6) is 0 Å². The van der Waals surface area contributed by atoms with E-state index in [1.807, 2.05) is 6.92 Å². The van der Waals surface area contributed by atoms with Crippen LogP contribution in [0.1, 0.15) is 26.2 Å². The SMILES string of the molecule is CCN(CC1CCC1)C(=O)N(CCOC)CC(=O)O. The quantitative estimate of drug-likeness (QED) is 0.722. The van der Waals surface area contributed by atoms with E-state index in [1.165, 1.54) is 31.3 Å². The fourth-order valence-corrected chi connectivity index (χ4v) is 2.14. The smallest absolute Gasteiger partial charge is 0.323 e. The van der Waals surface area contributed by atoms with Gasteiger partial charge in [-0.25, -0.2) is 4.79 Å². The second kappa shape index (κ2) is 7.99. The number of rotatable bonds is 8. The molecular formula is C13H24N2O4. The number of hydrogen-bond acceptors (Lipinski definition) is 3. The maximum absolute atomic E-state index is 12.3. The Hall–Kier alpha value is -1.30. The minimum atomic E-state index is -0.996. The van der Waals surface area contributed by atoms with E-state index in [-0.39, 0.29) is 12.6 Å². The van der Waals surface area contributed by atoms with Gasteiger partial charge in [-0.05, 0) is 25.7 Å². The first-order valence-electron chi connectivity index (χ1n) is 6.83. The molecule has 1 aliphatic carbocycles. The van der Waals surface area contributed by atoms with E-state index in [0.717, 1.165) is 6.54 Å². The van der Waals surface area contributed by atoms with Crippen molar-refractivity contribution in [3.05, 3.63) is 0 Å². The molecule has 0 aromatic heterocycles. The van der Waals surface area contributed by atoms with Crippen LogP contribution in [0.25, 0.3) is 0 Å². The van der Waals surface area contributed by atoms with Gasteiger partial charge in [-0.2, -0.15) is 0 Å². The Morgan fingerprint density at radius 2 is 2.00 bits per heavy atom. The standard InChI is InChI=1S/C13H24N2O4/c1-3-14(9-11-5-4-6-11)13(18)15(7-8-19-2)10-12(16)17/h11H,3-10H2,1-2H3,(H,16,17). The van der Waals surface area contributed by atoms with Crippen molar-refractivity contribution in [3.63, 3.8) is 0 Å². The third-order valence-corrected chi connectivity index (χ3v) is 3.52. The average molecular weight is 272 g/mol. The van der Waals surface area contributed by atoms with Gasteiger partial charge in [0.25, 0.3) is 0 Å². The van der Waals surface area contributed by atoms with Crippen LogP contribution in [-0.4, -0.2) is 66.8 Å². The molecule has 0 aromatic carbocycles. The van der Waals surface area contributed by atoms with Gasteiger partial charge in [0, 0.05) is 26.7 Å². The lowest BCUT2D eigenvalue weighted by Gasteiger charge is -2.34. The third-order valence-electron chi connectivity index (χ3n) is 3.52. The highest BCUT2D eigenvalue weighted by Gasteiger charge is 2.26. The van der Waals surface area contributed by atoms with E-state index in [2.05, 4.69) is 0 Å². The number of hydrogen-bond donors (Lipinski definition) is 1. The van der Waals surface area contributed by atoms with Crippen molar-refractivity contribution in [2.75, 3.05) is 39.9 Å². The number of ether oxygens (including phenoxy) is 1. The van der Waals surface area contributed by atoms with Crippen molar-refractivity contribution in [1.82, 2.24) is 9.80 Å². The molecule has 1 rings (SSSR count). The van der Waals surface area contributed by atoms with Crippen LogP contribution in [0.4, 0.5) is 4.79 Å². The van der Waals surface area contributed by atoms with Gasteiger partial charge >= 0.3 is 12.0 Å². The second-order valence-corrected chi connectivity index (χ2v) is 4.93. The maximum Gasteiger partial charge on any atom is 0.323 e. The summed E-state index contributed by atoms with van der Waals surface area (Å²) in [5.41, 5.74) is 0. The van der Waals surface area contributed by atoms with Gasteiger partial charge in [0.05, 0.1) is 6.61 Å². The molecule has 0 heterocycles. The number of aliphatic carboxylic acids is 1. The number of carboxylic acid groups (broad SMARTS) is 1. The first-order valence-corrected chi connectivity index (χ1v) is 6.83. The molecule has 1 saturated carbocycles. The zero-order chi connectivity index (χ0) is 14.3.